The first-order chi connectivity index (χ1) is 44.0. The Balaban J connectivity index is 1.37. The Kier molecular flexibility index (Phi) is 33.7. The molecule has 5 amide bonds. The summed E-state index contributed by atoms with van der Waals surface area (Å²) in [4.78, 5) is 101. The molecule has 0 aromatic carbocycles. The van der Waals surface area contributed by atoms with E-state index < -0.39 is 134 Å². The zero-order valence-corrected chi connectivity index (χ0v) is 51.5. The fourth-order valence-corrected chi connectivity index (χ4v) is 9.08. The van der Waals surface area contributed by atoms with Crippen LogP contribution in [0.4, 0.5) is 0 Å². The van der Waals surface area contributed by atoms with E-state index in [1.54, 1.807) is 22.0 Å². The van der Waals surface area contributed by atoms with E-state index in [1.165, 1.54) is 18.5 Å². The van der Waals surface area contributed by atoms with Crippen molar-refractivity contribution in [3.8, 4) is 12.3 Å². The maximum absolute atomic E-state index is 13.7. The van der Waals surface area contributed by atoms with Gasteiger partial charge in [0.25, 0.3) is 0 Å². The molecule has 2 aromatic rings. The SMILES string of the molecule is C#CCOCCOCCOCCOCCC(=O)N(CCn1cc(CCNC(C)=O)nn1)CCn1cc(CCNC(=O)CO[C@@H]([C@@H]2OC(C(=O)OOC[C@@H](O)[C@@H](OCC)[C@@H]3OC(C(=O)O)=C[C@H](NC(=N)N)[C@H]3NC(C)=O)=C[C@H](NC(=N)N)[C@H]2NC(C)=O)[C@H](O)CO)nn1. The highest BCUT2D eigenvalue weighted by atomic mass is 17.2. The predicted octanol–water partition coefficient (Wildman–Crippen LogP) is -6.83. The van der Waals surface area contributed by atoms with E-state index in [1.807, 2.05) is 0 Å². The Morgan fingerprint density at radius 3 is 1.71 bits per heavy atom. The van der Waals surface area contributed by atoms with Gasteiger partial charge in [-0.1, -0.05) is 16.3 Å². The summed E-state index contributed by atoms with van der Waals surface area (Å²) in [5, 5.41) is 90.4. The van der Waals surface area contributed by atoms with Crippen molar-refractivity contribution in [1.82, 2.24) is 66.8 Å². The molecule has 38 nitrogen and oxygen atoms in total. The van der Waals surface area contributed by atoms with Crippen molar-refractivity contribution in [3.63, 3.8) is 0 Å². The lowest BCUT2D eigenvalue weighted by Gasteiger charge is -2.42. The minimum Gasteiger partial charge on any atom is -0.478 e. The molecule has 4 rings (SSSR count). The fourth-order valence-electron chi connectivity index (χ4n) is 9.08. The van der Waals surface area contributed by atoms with Crippen molar-refractivity contribution in [1.29, 1.82) is 10.8 Å². The number of nitrogens with one attached hydrogen (secondary N) is 8. The number of aliphatic hydroxyl groups excluding tert-OH is 3. The minimum absolute atomic E-state index is 0.00917. The molecule has 38 heteroatoms. The molecule has 16 N–H and O–H groups in total. The van der Waals surface area contributed by atoms with Crippen LogP contribution < -0.4 is 43.4 Å². The number of nitrogens with two attached hydrogens (primary N) is 2. The molecule has 0 saturated carbocycles. The van der Waals surface area contributed by atoms with Crippen molar-refractivity contribution in [2.45, 2.75) is 121 Å². The molecule has 2 aliphatic heterocycles. The van der Waals surface area contributed by atoms with Crippen LogP contribution in [0, 0.1) is 23.2 Å². The Hall–Kier alpha value is -8.65. The molecular formula is C54H85N17O21. The van der Waals surface area contributed by atoms with Crippen LogP contribution in [0.25, 0.3) is 0 Å². The predicted molar refractivity (Wildman–Crippen MR) is 315 cm³/mol. The Labute approximate surface area is 528 Å². The van der Waals surface area contributed by atoms with Crippen molar-refractivity contribution in [3.05, 3.63) is 47.5 Å². The molecule has 4 heterocycles. The highest BCUT2D eigenvalue weighted by Gasteiger charge is 2.47. The Bertz CT molecular complexity index is 2820. The second-order valence-corrected chi connectivity index (χ2v) is 20.3. The van der Waals surface area contributed by atoms with Gasteiger partial charge in [0.05, 0.1) is 108 Å². The molecular weight excluding hydrogens is 1220 g/mol. The molecule has 0 saturated heterocycles. The van der Waals surface area contributed by atoms with E-state index in [0.717, 1.165) is 26.0 Å². The van der Waals surface area contributed by atoms with Gasteiger partial charge in [-0.2, -0.15) is 4.89 Å². The summed E-state index contributed by atoms with van der Waals surface area (Å²) in [6.45, 7) is 6.12. The summed E-state index contributed by atoms with van der Waals surface area (Å²) in [7, 11) is 0. The summed E-state index contributed by atoms with van der Waals surface area (Å²) in [5.74, 6) is -5.62. The number of rotatable bonds is 44. The van der Waals surface area contributed by atoms with Gasteiger partial charge in [-0.15, -0.1) is 16.6 Å². The zero-order chi connectivity index (χ0) is 67.5. The monoisotopic (exact) mass is 1310 g/mol. The molecule has 0 spiro atoms. The van der Waals surface area contributed by atoms with E-state index in [4.69, 9.17) is 76.4 Å². The van der Waals surface area contributed by atoms with Crippen LogP contribution >= 0.6 is 0 Å². The quantitative estimate of drug-likeness (QED) is 0.00732. The van der Waals surface area contributed by atoms with Crippen LogP contribution in [0.5, 0.6) is 0 Å². The van der Waals surface area contributed by atoms with Gasteiger partial charge in [0.15, 0.2) is 24.1 Å². The van der Waals surface area contributed by atoms with Crippen molar-refractivity contribution < 1.29 is 102 Å². The van der Waals surface area contributed by atoms with E-state index in [2.05, 4.69) is 58.4 Å². The number of aliphatic hydroxyl groups is 3. The molecule has 2 aliphatic rings. The van der Waals surface area contributed by atoms with Gasteiger partial charge in [0, 0.05) is 78.8 Å². The van der Waals surface area contributed by atoms with Gasteiger partial charge in [-0.05, 0) is 19.1 Å². The standard InChI is InChI=1S/C54H85N17O21/c1-6-17-83-19-21-85-23-24-86-22-20-84-18-10-44(79)69(13-15-70-27-35(65-67-70)8-11-59-32(3)73)14-16-71-28-36(66-68-71)9-12-60-43(78)31-88-47(39(76)29-72)49-46(62-34(5)75)38(64-54(57)58)26-42(91-49)52(82)92-89-30-40(77)48(87-7-2)50-45(61-33(4)74)37(63-53(55)56)25-41(90-50)51(80)81/h1,25-28,37-40,45-50,72,76-77H,7-24,29-31H2,2-5H3,(H,59,73)(H,60,78)(H,61,74)(H,62,75)(H,80,81)(H4,55,56,63)(H4,57,58,64)/t37-,38-,39+,40+,45+,46+,47+,48+,49+,50+/m0/s1. The van der Waals surface area contributed by atoms with Gasteiger partial charge >= 0.3 is 11.9 Å². The van der Waals surface area contributed by atoms with Gasteiger partial charge in [0.1, 0.15) is 44.2 Å². The average molecular weight is 1310 g/mol. The number of aromatic nitrogens is 6. The van der Waals surface area contributed by atoms with Crippen LogP contribution in [-0.2, 0) is 107 Å². The number of carboxylic acids is 1. The molecule has 0 aliphatic carbocycles. The minimum atomic E-state index is -1.86. The van der Waals surface area contributed by atoms with Crippen molar-refractivity contribution in [2.24, 2.45) is 11.5 Å². The summed E-state index contributed by atoms with van der Waals surface area (Å²) in [5.41, 5.74) is 12.3. The highest BCUT2D eigenvalue weighted by molar-refractivity contribution is 5.87. The lowest BCUT2D eigenvalue weighted by Crippen LogP contribution is -2.64. The number of carbonyl (C=O) groups excluding carboxylic acids is 6. The first-order valence-electron chi connectivity index (χ1n) is 29.1. The molecule has 0 fully saturated rings. The molecule has 10 atom stereocenters. The number of ether oxygens (including phenoxy) is 8. The summed E-state index contributed by atoms with van der Waals surface area (Å²) >= 11 is 0. The summed E-state index contributed by atoms with van der Waals surface area (Å²) in [6.07, 6.45) is 1.19. The van der Waals surface area contributed by atoms with E-state index >= 15 is 0 Å². The first kappa shape index (κ1) is 75.8. The van der Waals surface area contributed by atoms with Crippen LogP contribution in [0.1, 0.15) is 45.5 Å². The third-order valence-electron chi connectivity index (χ3n) is 13.1. The highest BCUT2D eigenvalue weighted by Crippen LogP contribution is 2.28. The smallest absolute Gasteiger partial charge is 0.407 e. The molecule has 0 unspecified atom stereocenters. The topological polar surface area (TPSA) is 529 Å². The normalized spacial score (nSPS) is 18.9. The van der Waals surface area contributed by atoms with Crippen LogP contribution in [0.15, 0.2) is 36.1 Å². The molecule has 512 valence electrons. The number of carboxylic acid groups (broad SMARTS) is 1. The summed E-state index contributed by atoms with van der Waals surface area (Å²) < 4.78 is 48.0. The van der Waals surface area contributed by atoms with Gasteiger partial charge in [-0.25, -0.2) is 9.59 Å². The van der Waals surface area contributed by atoms with Crippen LogP contribution in [0.2, 0.25) is 0 Å². The number of guanidine groups is 2. The number of terminal acetylenes is 1. The maximum Gasteiger partial charge on any atom is 0.407 e. The second kappa shape index (κ2) is 41.0. The number of amides is 5. The first-order valence-corrected chi connectivity index (χ1v) is 29.1. The summed E-state index contributed by atoms with van der Waals surface area (Å²) in [6, 6.07) is -5.05. The number of aliphatic carboxylic acids is 1. The Morgan fingerprint density at radius 2 is 1.22 bits per heavy atom. The van der Waals surface area contributed by atoms with Crippen LogP contribution in [-0.4, -0.2) is 275 Å². The molecule has 92 heavy (non-hydrogen) atoms. The Morgan fingerprint density at radius 1 is 0.717 bits per heavy atom. The van der Waals surface area contributed by atoms with E-state index in [9.17, 15) is 54.0 Å². The van der Waals surface area contributed by atoms with Gasteiger partial charge < -0.3 is 107 Å². The number of carbonyl (C=O) groups is 7. The van der Waals surface area contributed by atoms with Crippen LogP contribution in [0.3, 0.4) is 0 Å². The third-order valence-corrected chi connectivity index (χ3v) is 13.1. The molecule has 0 bridgehead atoms. The van der Waals surface area contributed by atoms with Crippen molar-refractivity contribution in [2.75, 3.05) is 105 Å². The van der Waals surface area contributed by atoms with Crippen molar-refractivity contribution >= 4 is 53.4 Å². The average Bonchev–Trinajstić information content (AvgIpc) is 0.884. The van der Waals surface area contributed by atoms with Gasteiger partial charge in [-0.3, -0.25) is 49.0 Å². The fraction of sp³-hybridized carbons (Fsp3) is 0.648. The lowest BCUT2D eigenvalue weighted by atomic mass is 9.91. The van der Waals surface area contributed by atoms with E-state index in [0.29, 0.717) is 57.3 Å². The largest absolute Gasteiger partial charge is 0.478 e. The molecule has 2 aromatic heterocycles. The van der Waals surface area contributed by atoms with Gasteiger partial charge in [0.2, 0.25) is 41.1 Å². The number of nitrogens with zero attached hydrogens (tertiary/aromatic N) is 7. The number of hydrogen-bond acceptors (Lipinski definition) is 26. The third kappa shape index (κ3) is 27.4. The lowest BCUT2D eigenvalue weighted by molar-refractivity contribution is -0.289. The number of hydrogen-bond donors (Lipinski definition) is 14. The molecule has 0 radical (unpaired) electrons. The van der Waals surface area contributed by atoms with E-state index in [-0.39, 0.29) is 83.9 Å². The second-order valence-electron chi connectivity index (χ2n) is 20.3. The maximum atomic E-state index is 13.7. The zero-order valence-electron chi connectivity index (χ0n) is 51.5.